The van der Waals surface area contributed by atoms with E-state index in [0.29, 0.717) is 12.3 Å². The van der Waals surface area contributed by atoms with Crippen LogP contribution in [0.15, 0.2) is 30.0 Å². The van der Waals surface area contributed by atoms with E-state index in [4.69, 9.17) is 9.47 Å². The fourth-order valence-corrected chi connectivity index (χ4v) is 2.71. The second kappa shape index (κ2) is 8.33. The number of carbonyl (C=O) groups excluding carboxylic acids is 1. The molecule has 1 aliphatic rings. The highest BCUT2D eigenvalue weighted by molar-refractivity contribution is 5.79. The molecule has 0 atom stereocenters. The summed E-state index contributed by atoms with van der Waals surface area (Å²) >= 11 is 0. The summed E-state index contributed by atoms with van der Waals surface area (Å²) < 4.78 is 10.4. The number of methoxy groups -OCH3 is 1. The minimum absolute atomic E-state index is 0.0582. The van der Waals surface area contributed by atoms with E-state index >= 15 is 0 Å². The Morgan fingerprint density at radius 3 is 2.75 bits per heavy atom. The fraction of sp³-hybridized carbons (Fsp3) is 0.471. The second-order valence-electron chi connectivity index (χ2n) is 5.46. The zero-order valence-electron chi connectivity index (χ0n) is 14.0. The van der Waals surface area contributed by atoms with Crippen LogP contribution in [0, 0.1) is 10.1 Å². The third-order valence-corrected chi connectivity index (χ3v) is 3.94. The molecular weight excluding hydrogens is 312 g/mol. The van der Waals surface area contributed by atoms with Crippen LogP contribution in [0.3, 0.4) is 0 Å². The molecule has 0 unspecified atom stereocenters. The largest absolute Gasteiger partial charge is 0.496 e. The smallest absolute Gasteiger partial charge is 0.314 e. The first-order valence-electron chi connectivity index (χ1n) is 8.01. The van der Waals surface area contributed by atoms with Gasteiger partial charge in [0.05, 0.1) is 18.1 Å². The molecule has 0 N–H and O–H groups in total. The second-order valence-corrected chi connectivity index (χ2v) is 5.46. The predicted octanol–water partition coefficient (Wildman–Crippen LogP) is 3.29. The van der Waals surface area contributed by atoms with Crippen molar-refractivity contribution in [3.05, 3.63) is 40.1 Å². The number of benzene rings is 1. The number of nitro groups is 1. The lowest BCUT2D eigenvalue weighted by atomic mass is 10.0. The van der Waals surface area contributed by atoms with Gasteiger partial charge in [-0.15, -0.1) is 0 Å². The van der Waals surface area contributed by atoms with Gasteiger partial charge in [-0.25, -0.2) is 0 Å². The van der Waals surface area contributed by atoms with Crippen LogP contribution in [0.2, 0.25) is 0 Å². The SMILES string of the molecule is CCN(C(=O)COc1ccc(OC)cc1[N+](=O)[O-])C1=CCCCC1. The number of carbonyl (C=O) groups is 1. The number of amides is 1. The third kappa shape index (κ3) is 4.24. The van der Waals surface area contributed by atoms with Crippen molar-refractivity contribution in [1.82, 2.24) is 4.90 Å². The van der Waals surface area contributed by atoms with Crippen molar-refractivity contribution < 1.29 is 19.2 Å². The maximum atomic E-state index is 12.4. The highest BCUT2D eigenvalue weighted by Crippen LogP contribution is 2.31. The molecule has 0 fully saturated rings. The highest BCUT2D eigenvalue weighted by atomic mass is 16.6. The number of nitrogens with zero attached hydrogens (tertiary/aromatic N) is 2. The van der Waals surface area contributed by atoms with Gasteiger partial charge in [0.1, 0.15) is 5.75 Å². The van der Waals surface area contributed by atoms with E-state index in [-0.39, 0.29) is 24.0 Å². The van der Waals surface area contributed by atoms with Crippen molar-refractivity contribution in [2.75, 3.05) is 20.3 Å². The van der Waals surface area contributed by atoms with E-state index in [1.54, 1.807) is 11.0 Å². The maximum Gasteiger partial charge on any atom is 0.314 e. The number of rotatable bonds is 7. The molecule has 1 aliphatic carbocycles. The average molecular weight is 334 g/mol. The van der Waals surface area contributed by atoms with E-state index in [1.807, 2.05) is 6.92 Å². The first kappa shape index (κ1) is 17.8. The molecule has 1 aromatic rings. The Balaban J connectivity index is 2.07. The van der Waals surface area contributed by atoms with Crippen LogP contribution in [0.1, 0.15) is 32.6 Å². The van der Waals surface area contributed by atoms with Crippen molar-refractivity contribution in [3.8, 4) is 11.5 Å². The van der Waals surface area contributed by atoms with E-state index in [1.165, 1.54) is 19.2 Å². The number of hydrogen-bond acceptors (Lipinski definition) is 5. The lowest BCUT2D eigenvalue weighted by Crippen LogP contribution is -2.34. The van der Waals surface area contributed by atoms with Crippen molar-refractivity contribution in [2.24, 2.45) is 0 Å². The molecule has 0 aliphatic heterocycles. The number of allylic oxidation sites excluding steroid dienone is 2. The van der Waals surface area contributed by atoms with Crippen LogP contribution in [0.5, 0.6) is 11.5 Å². The predicted molar refractivity (Wildman–Crippen MR) is 89.1 cm³/mol. The Morgan fingerprint density at radius 2 is 2.17 bits per heavy atom. The van der Waals surface area contributed by atoms with Gasteiger partial charge in [-0.1, -0.05) is 6.08 Å². The molecule has 2 rings (SSSR count). The molecule has 7 heteroatoms. The molecular formula is C17H22N2O5. The quantitative estimate of drug-likeness (QED) is 0.564. The van der Waals surface area contributed by atoms with Crippen molar-refractivity contribution in [2.45, 2.75) is 32.6 Å². The Bertz CT molecular complexity index is 642. The Kier molecular flexibility index (Phi) is 6.17. The van der Waals surface area contributed by atoms with Gasteiger partial charge in [0.15, 0.2) is 12.4 Å². The van der Waals surface area contributed by atoms with E-state index in [0.717, 1.165) is 31.4 Å². The molecule has 0 radical (unpaired) electrons. The summed E-state index contributed by atoms with van der Waals surface area (Å²) in [6.07, 6.45) is 6.15. The first-order valence-corrected chi connectivity index (χ1v) is 8.01. The normalized spacial score (nSPS) is 13.8. The fourth-order valence-electron chi connectivity index (χ4n) is 2.71. The number of likely N-dealkylation sites (N-methyl/N-ethyl adjacent to an activating group) is 1. The van der Waals surface area contributed by atoms with Crippen LogP contribution < -0.4 is 9.47 Å². The molecule has 130 valence electrons. The third-order valence-electron chi connectivity index (χ3n) is 3.94. The summed E-state index contributed by atoms with van der Waals surface area (Å²) in [6.45, 7) is 2.22. The van der Waals surface area contributed by atoms with Crippen molar-refractivity contribution in [3.63, 3.8) is 0 Å². The summed E-state index contributed by atoms with van der Waals surface area (Å²) in [7, 11) is 1.43. The van der Waals surface area contributed by atoms with Gasteiger partial charge in [0.2, 0.25) is 0 Å². The molecule has 0 saturated heterocycles. The summed E-state index contributed by atoms with van der Waals surface area (Å²) in [5.74, 6) is 0.224. The maximum absolute atomic E-state index is 12.4. The Hall–Kier alpha value is -2.57. The van der Waals surface area contributed by atoms with Crippen molar-refractivity contribution in [1.29, 1.82) is 0 Å². The van der Waals surface area contributed by atoms with Gasteiger partial charge in [-0.3, -0.25) is 14.9 Å². The van der Waals surface area contributed by atoms with Gasteiger partial charge in [-0.2, -0.15) is 0 Å². The van der Waals surface area contributed by atoms with Crippen LogP contribution in [-0.2, 0) is 4.79 Å². The highest BCUT2D eigenvalue weighted by Gasteiger charge is 2.21. The van der Waals surface area contributed by atoms with Gasteiger partial charge in [0.25, 0.3) is 5.91 Å². The number of hydrogen-bond donors (Lipinski definition) is 0. The molecule has 7 nitrogen and oxygen atoms in total. The molecule has 0 aromatic heterocycles. The molecule has 1 amide bonds. The molecule has 1 aromatic carbocycles. The standard InChI is InChI=1S/C17H22N2O5/c1-3-18(13-7-5-4-6-8-13)17(20)12-24-16-10-9-14(23-2)11-15(16)19(21)22/h7,9-11H,3-6,8,12H2,1-2H3. The van der Waals surface area contributed by atoms with Crippen molar-refractivity contribution >= 4 is 11.6 Å². The van der Waals surface area contributed by atoms with Gasteiger partial charge in [-0.05, 0) is 44.7 Å². The van der Waals surface area contributed by atoms with E-state index in [9.17, 15) is 14.9 Å². The summed E-state index contributed by atoms with van der Waals surface area (Å²) in [6, 6.07) is 4.29. The Morgan fingerprint density at radius 1 is 1.38 bits per heavy atom. The van der Waals surface area contributed by atoms with Crippen LogP contribution >= 0.6 is 0 Å². The minimum atomic E-state index is -0.552. The zero-order valence-corrected chi connectivity index (χ0v) is 14.0. The number of ether oxygens (including phenoxy) is 2. The molecule has 0 bridgehead atoms. The monoisotopic (exact) mass is 334 g/mol. The molecule has 0 heterocycles. The summed E-state index contributed by atoms with van der Waals surface area (Å²) in [5, 5.41) is 11.1. The van der Waals surface area contributed by atoms with Crippen LogP contribution in [0.25, 0.3) is 0 Å². The summed E-state index contributed by atoms with van der Waals surface area (Å²) in [5.41, 5.74) is 0.795. The van der Waals surface area contributed by atoms with Gasteiger partial charge < -0.3 is 14.4 Å². The molecule has 24 heavy (non-hydrogen) atoms. The Labute approximate surface area is 141 Å². The number of nitro benzene ring substituents is 1. The lowest BCUT2D eigenvalue weighted by molar-refractivity contribution is -0.385. The van der Waals surface area contributed by atoms with Crippen LogP contribution in [-0.4, -0.2) is 36.0 Å². The molecule has 0 spiro atoms. The minimum Gasteiger partial charge on any atom is -0.496 e. The average Bonchev–Trinajstić information content (AvgIpc) is 2.61. The van der Waals surface area contributed by atoms with Gasteiger partial charge >= 0.3 is 5.69 Å². The molecule has 0 saturated carbocycles. The topological polar surface area (TPSA) is 81.9 Å². The van der Waals surface area contributed by atoms with Gasteiger partial charge in [0, 0.05) is 12.2 Å². The summed E-state index contributed by atoms with van der Waals surface area (Å²) in [4.78, 5) is 24.7. The first-order chi connectivity index (χ1) is 11.6. The van der Waals surface area contributed by atoms with E-state index < -0.39 is 4.92 Å². The van der Waals surface area contributed by atoms with Crippen LogP contribution in [0.4, 0.5) is 5.69 Å². The zero-order chi connectivity index (χ0) is 17.5. The van der Waals surface area contributed by atoms with E-state index in [2.05, 4.69) is 6.08 Å². The lowest BCUT2D eigenvalue weighted by Gasteiger charge is -2.26.